The Morgan fingerprint density at radius 3 is 2.64 bits per heavy atom. The summed E-state index contributed by atoms with van der Waals surface area (Å²) in [4.78, 5) is 10.8. The molecule has 0 atom stereocenters. The standard InChI is InChI=1S/C8H13NO2/c1-8(5-11-6-8)4-3-7(10)9-2/h3-4H,5-6H2,1-2H3,(H,9,10)/b4-3+. The Labute approximate surface area is 66.4 Å². The van der Waals surface area contributed by atoms with Gasteiger partial charge < -0.3 is 10.1 Å². The van der Waals surface area contributed by atoms with E-state index in [1.165, 1.54) is 0 Å². The summed E-state index contributed by atoms with van der Waals surface area (Å²) in [5, 5.41) is 2.52. The van der Waals surface area contributed by atoms with Crippen LogP contribution in [0.1, 0.15) is 6.92 Å². The van der Waals surface area contributed by atoms with Crippen LogP contribution in [0.4, 0.5) is 0 Å². The van der Waals surface area contributed by atoms with E-state index in [0.29, 0.717) is 0 Å². The van der Waals surface area contributed by atoms with Gasteiger partial charge in [-0.25, -0.2) is 0 Å². The Morgan fingerprint density at radius 2 is 2.27 bits per heavy atom. The first kappa shape index (κ1) is 8.27. The number of hydrogen-bond donors (Lipinski definition) is 1. The Bertz CT molecular complexity index is 183. The SMILES string of the molecule is CNC(=O)/C=C/C1(C)COC1. The van der Waals surface area contributed by atoms with Crippen molar-refractivity contribution in [3.63, 3.8) is 0 Å². The van der Waals surface area contributed by atoms with E-state index in [1.807, 2.05) is 6.08 Å². The van der Waals surface area contributed by atoms with Crippen LogP contribution in [0.5, 0.6) is 0 Å². The van der Waals surface area contributed by atoms with E-state index in [4.69, 9.17) is 4.74 Å². The fourth-order valence-corrected chi connectivity index (χ4v) is 0.880. The van der Waals surface area contributed by atoms with Crippen molar-refractivity contribution in [3.8, 4) is 0 Å². The van der Waals surface area contributed by atoms with Crippen molar-refractivity contribution in [1.29, 1.82) is 0 Å². The van der Waals surface area contributed by atoms with E-state index in [1.54, 1.807) is 13.1 Å². The number of hydrogen-bond acceptors (Lipinski definition) is 2. The molecule has 1 N–H and O–H groups in total. The van der Waals surface area contributed by atoms with Gasteiger partial charge in [-0.1, -0.05) is 13.0 Å². The average Bonchev–Trinajstić information content (AvgIpc) is 1.96. The van der Waals surface area contributed by atoms with Crippen LogP contribution in [-0.4, -0.2) is 26.2 Å². The van der Waals surface area contributed by atoms with E-state index in [-0.39, 0.29) is 11.3 Å². The van der Waals surface area contributed by atoms with E-state index < -0.39 is 0 Å². The Morgan fingerprint density at radius 1 is 1.64 bits per heavy atom. The summed E-state index contributed by atoms with van der Waals surface area (Å²) < 4.78 is 5.02. The molecule has 1 rings (SSSR count). The van der Waals surface area contributed by atoms with Crippen LogP contribution in [0.25, 0.3) is 0 Å². The molecule has 0 unspecified atom stereocenters. The molecule has 0 spiro atoms. The van der Waals surface area contributed by atoms with Crippen LogP contribution < -0.4 is 5.32 Å². The highest BCUT2D eigenvalue weighted by molar-refractivity contribution is 5.87. The first-order valence-corrected chi connectivity index (χ1v) is 3.65. The van der Waals surface area contributed by atoms with Crippen LogP contribution >= 0.6 is 0 Å². The third-order valence-electron chi connectivity index (χ3n) is 1.75. The second-order valence-electron chi connectivity index (χ2n) is 3.09. The number of carbonyl (C=O) groups is 1. The zero-order valence-corrected chi connectivity index (χ0v) is 6.89. The highest BCUT2D eigenvalue weighted by atomic mass is 16.5. The van der Waals surface area contributed by atoms with Crippen molar-refractivity contribution < 1.29 is 9.53 Å². The lowest BCUT2D eigenvalue weighted by atomic mass is 9.88. The van der Waals surface area contributed by atoms with Gasteiger partial charge >= 0.3 is 0 Å². The van der Waals surface area contributed by atoms with Gasteiger partial charge in [-0.05, 0) is 6.08 Å². The molecule has 0 aromatic heterocycles. The van der Waals surface area contributed by atoms with E-state index in [9.17, 15) is 4.79 Å². The number of carbonyl (C=O) groups excluding carboxylic acids is 1. The van der Waals surface area contributed by atoms with Crippen molar-refractivity contribution >= 4 is 5.91 Å². The fourth-order valence-electron chi connectivity index (χ4n) is 0.880. The number of ether oxygens (including phenoxy) is 1. The van der Waals surface area contributed by atoms with Crippen LogP contribution in [-0.2, 0) is 9.53 Å². The zero-order chi connectivity index (χ0) is 8.32. The van der Waals surface area contributed by atoms with Gasteiger partial charge in [0.2, 0.25) is 5.91 Å². The van der Waals surface area contributed by atoms with Gasteiger partial charge in [-0.2, -0.15) is 0 Å². The van der Waals surface area contributed by atoms with Gasteiger partial charge in [0.05, 0.1) is 13.2 Å². The molecule has 3 nitrogen and oxygen atoms in total. The highest BCUT2D eigenvalue weighted by Gasteiger charge is 2.30. The Kier molecular flexibility index (Phi) is 2.29. The molecule has 0 saturated carbocycles. The molecule has 3 heteroatoms. The first-order chi connectivity index (χ1) is 5.16. The number of amides is 1. The molecule has 0 aromatic rings. The van der Waals surface area contributed by atoms with Crippen molar-refractivity contribution in [3.05, 3.63) is 12.2 Å². The van der Waals surface area contributed by atoms with E-state index in [2.05, 4.69) is 12.2 Å². The van der Waals surface area contributed by atoms with Gasteiger partial charge in [0.15, 0.2) is 0 Å². The average molecular weight is 155 g/mol. The number of rotatable bonds is 2. The second kappa shape index (κ2) is 3.05. The Hall–Kier alpha value is -0.830. The highest BCUT2D eigenvalue weighted by Crippen LogP contribution is 2.27. The largest absolute Gasteiger partial charge is 0.379 e. The molecule has 1 aliphatic heterocycles. The molecule has 11 heavy (non-hydrogen) atoms. The summed E-state index contributed by atoms with van der Waals surface area (Å²) in [6, 6.07) is 0. The predicted molar refractivity (Wildman–Crippen MR) is 42.1 cm³/mol. The maximum atomic E-state index is 10.8. The minimum atomic E-state index is -0.0573. The van der Waals surface area contributed by atoms with Crippen LogP contribution in [0.2, 0.25) is 0 Å². The number of nitrogens with one attached hydrogen (secondary N) is 1. The fraction of sp³-hybridized carbons (Fsp3) is 0.625. The molecule has 0 aliphatic carbocycles. The van der Waals surface area contributed by atoms with Gasteiger partial charge in [0, 0.05) is 12.5 Å². The zero-order valence-electron chi connectivity index (χ0n) is 6.89. The van der Waals surface area contributed by atoms with Crippen molar-refractivity contribution in [2.45, 2.75) is 6.92 Å². The lowest BCUT2D eigenvalue weighted by Crippen LogP contribution is -2.38. The maximum Gasteiger partial charge on any atom is 0.243 e. The number of likely N-dealkylation sites (N-methyl/N-ethyl adjacent to an activating group) is 1. The molecule has 0 aromatic carbocycles. The summed E-state index contributed by atoms with van der Waals surface area (Å²) >= 11 is 0. The molecule has 0 bridgehead atoms. The topological polar surface area (TPSA) is 38.3 Å². The summed E-state index contributed by atoms with van der Waals surface area (Å²) in [7, 11) is 1.62. The molecule has 1 aliphatic rings. The summed E-state index contributed by atoms with van der Waals surface area (Å²) in [5.41, 5.74) is 0.0898. The second-order valence-corrected chi connectivity index (χ2v) is 3.09. The summed E-state index contributed by atoms with van der Waals surface area (Å²) in [6.07, 6.45) is 3.46. The quantitative estimate of drug-likeness (QED) is 0.583. The van der Waals surface area contributed by atoms with Crippen LogP contribution in [0, 0.1) is 5.41 Å². The molecular weight excluding hydrogens is 142 g/mol. The molecule has 0 radical (unpaired) electrons. The summed E-state index contributed by atoms with van der Waals surface area (Å²) in [6.45, 7) is 3.51. The summed E-state index contributed by atoms with van der Waals surface area (Å²) in [5.74, 6) is -0.0573. The van der Waals surface area contributed by atoms with Crippen molar-refractivity contribution in [1.82, 2.24) is 5.32 Å². The molecule has 1 fully saturated rings. The van der Waals surface area contributed by atoms with Gasteiger partial charge in [-0.3, -0.25) is 4.79 Å². The molecule has 1 heterocycles. The van der Waals surface area contributed by atoms with Crippen LogP contribution in [0.3, 0.4) is 0 Å². The Balaban J connectivity index is 2.39. The molecule has 1 amide bonds. The first-order valence-electron chi connectivity index (χ1n) is 3.65. The van der Waals surface area contributed by atoms with E-state index >= 15 is 0 Å². The predicted octanol–water partition coefficient (Wildman–Crippen LogP) is 0.325. The molecule has 62 valence electrons. The molecular formula is C8H13NO2. The van der Waals surface area contributed by atoms with Gasteiger partial charge in [-0.15, -0.1) is 0 Å². The van der Waals surface area contributed by atoms with Crippen molar-refractivity contribution in [2.75, 3.05) is 20.3 Å². The van der Waals surface area contributed by atoms with Crippen molar-refractivity contribution in [2.24, 2.45) is 5.41 Å². The monoisotopic (exact) mass is 155 g/mol. The van der Waals surface area contributed by atoms with Crippen LogP contribution in [0.15, 0.2) is 12.2 Å². The smallest absolute Gasteiger partial charge is 0.243 e. The molecule has 1 saturated heterocycles. The lowest BCUT2D eigenvalue weighted by molar-refractivity contribution is -0.116. The normalized spacial score (nSPS) is 21.3. The minimum Gasteiger partial charge on any atom is -0.379 e. The van der Waals surface area contributed by atoms with Gasteiger partial charge in [0.25, 0.3) is 0 Å². The third kappa shape index (κ3) is 2.05. The van der Waals surface area contributed by atoms with Gasteiger partial charge in [0.1, 0.15) is 0 Å². The maximum absolute atomic E-state index is 10.8. The minimum absolute atomic E-state index is 0.0573. The third-order valence-corrected chi connectivity index (χ3v) is 1.75. The lowest BCUT2D eigenvalue weighted by Gasteiger charge is -2.34. The van der Waals surface area contributed by atoms with E-state index in [0.717, 1.165) is 13.2 Å².